The molecule has 0 fully saturated rings. The van der Waals surface area contributed by atoms with Crippen LogP contribution in [-0.2, 0) is 36.7 Å². The van der Waals surface area contributed by atoms with E-state index in [2.05, 4.69) is 102 Å². The van der Waals surface area contributed by atoms with Gasteiger partial charge in [0.1, 0.15) is 17.1 Å². The molecule has 0 saturated heterocycles. The summed E-state index contributed by atoms with van der Waals surface area (Å²) in [6.45, 7) is 25.7. The Kier molecular flexibility index (Phi) is 14.2. The monoisotopic (exact) mass is 935 g/mol. The average Bonchev–Trinajstić information content (AvgIpc) is 3.73. The summed E-state index contributed by atoms with van der Waals surface area (Å²) < 4.78 is 7.72. The maximum Gasteiger partial charge on any atom is 0.164 e. The second-order valence-electron chi connectivity index (χ2n) is 17.0. The molecule has 55 heavy (non-hydrogen) atoms. The number of benzene rings is 3. The molecule has 3 aromatic carbocycles. The summed E-state index contributed by atoms with van der Waals surface area (Å²) in [4.78, 5) is 18.5. The maximum atomic E-state index is 12.2. The molecule has 6 aromatic rings. The van der Waals surface area contributed by atoms with Crippen molar-refractivity contribution in [3.63, 3.8) is 0 Å². The number of hydrogen-bond acceptors (Lipinski definition) is 5. The minimum absolute atomic E-state index is 0. The Hall–Kier alpha value is -3.57. The largest absolute Gasteiger partial charge is 0.512 e. The summed E-state index contributed by atoms with van der Waals surface area (Å²) in [5.41, 5.74) is 5.98. The molecule has 1 N–H and O–H groups in total. The maximum absolute atomic E-state index is 12.2. The molecule has 4 nitrogen and oxygen atoms in total. The van der Waals surface area contributed by atoms with E-state index in [1.54, 1.807) is 0 Å². The van der Waals surface area contributed by atoms with Crippen molar-refractivity contribution < 1.29 is 34.4 Å². The number of ketones is 1. The Morgan fingerprint density at radius 2 is 1.53 bits per heavy atom. The van der Waals surface area contributed by atoms with E-state index < -0.39 is 0 Å². The number of pyridine rings is 1. The van der Waals surface area contributed by atoms with Crippen LogP contribution >= 0.6 is 11.3 Å². The molecule has 0 unspecified atom stereocenters. The third-order valence-corrected chi connectivity index (χ3v) is 13.1. The van der Waals surface area contributed by atoms with E-state index in [-0.39, 0.29) is 47.9 Å². The first-order chi connectivity index (χ1) is 25.5. The van der Waals surface area contributed by atoms with E-state index in [0.717, 1.165) is 71.0 Å². The summed E-state index contributed by atoms with van der Waals surface area (Å²) in [6.07, 6.45) is 7.72. The van der Waals surface area contributed by atoms with Crippen LogP contribution in [0.4, 0.5) is 0 Å². The zero-order chi connectivity index (χ0) is 39.6. The molecule has 1 radical (unpaired) electrons. The minimum atomic E-state index is -0.337. The number of aromatic nitrogens is 1. The Balaban J connectivity index is 0.000000320. The molecule has 0 saturated carbocycles. The van der Waals surface area contributed by atoms with Gasteiger partial charge in [-0.15, -0.1) is 40.5 Å². The molecule has 0 aliphatic rings. The second-order valence-corrected chi connectivity index (χ2v) is 18.1. The fourth-order valence-electron chi connectivity index (χ4n) is 6.98. The Morgan fingerprint density at radius 1 is 0.873 bits per heavy atom. The van der Waals surface area contributed by atoms with Gasteiger partial charge in [0.05, 0.1) is 0 Å². The zero-order valence-electron chi connectivity index (χ0n) is 35.0. The van der Waals surface area contributed by atoms with Crippen molar-refractivity contribution in [2.45, 2.75) is 121 Å². The van der Waals surface area contributed by atoms with Gasteiger partial charge in [-0.2, -0.15) is 0 Å². The van der Waals surface area contributed by atoms with Crippen LogP contribution in [0.3, 0.4) is 0 Å². The van der Waals surface area contributed by atoms with Gasteiger partial charge in [0.25, 0.3) is 0 Å². The molecule has 0 aliphatic carbocycles. The predicted octanol–water partition coefficient (Wildman–Crippen LogP) is 14.8. The third-order valence-electron chi connectivity index (χ3n) is 11.8. The summed E-state index contributed by atoms with van der Waals surface area (Å²) >= 11 is 1.91. The van der Waals surface area contributed by atoms with Crippen molar-refractivity contribution in [2.75, 3.05) is 0 Å². The molecule has 0 bridgehead atoms. The molecule has 0 amide bonds. The van der Waals surface area contributed by atoms with Gasteiger partial charge >= 0.3 is 0 Å². The van der Waals surface area contributed by atoms with Gasteiger partial charge in [0.2, 0.25) is 0 Å². The fraction of sp³-hybridized carbons (Fsp3) is 0.429. The van der Waals surface area contributed by atoms with Gasteiger partial charge in [-0.1, -0.05) is 117 Å². The predicted molar refractivity (Wildman–Crippen MR) is 232 cm³/mol. The van der Waals surface area contributed by atoms with Crippen molar-refractivity contribution >= 4 is 48.9 Å². The molecule has 3 aromatic heterocycles. The molecular weight excluding hydrogens is 875 g/mol. The van der Waals surface area contributed by atoms with Crippen LogP contribution in [0.25, 0.3) is 54.4 Å². The normalized spacial score (nSPS) is 12.6. The molecule has 0 spiro atoms. The first-order valence-corrected chi connectivity index (χ1v) is 20.6. The summed E-state index contributed by atoms with van der Waals surface area (Å²) in [6, 6.07) is 25.2. The van der Waals surface area contributed by atoms with E-state index in [9.17, 15) is 9.90 Å². The summed E-state index contributed by atoms with van der Waals surface area (Å²) in [7, 11) is 0. The van der Waals surface area contributed by atoms with Crippen LogP contribution < -0.4 is 0 Å². The Bertz CT molecular complexity index is 2290. The Morgan fingerprint density at radius 3 is 2.15 bits per heavy atom. The van der Waals surface area contributed by atoms with Crippen LogP contribution in [0, 0.1) is 29.7 Å². The third kappa shape index (κ3) is 9.36. The fourth-order valence-corrected chi connectivity index (χ4v) is 8.44. The van der Waals surface area contributed by atoms with Crippen molar-refractivity contribution in [3.8, 4) is 22.6 Å². The van der Waals surface area contributed by atoms with Crippen LogP contribution in [0.2, 0.25) is 0 Å². The van der Waals surface area contributed by atoms with Crippen LogP contribution in [-0.4, -0.2) is 15.9 Å². The SMILES string of the molecule is CCC(C)(CC)C(=O)/C=C(\O)C(C)(CC)CC.Cc1c(CC(C)C)sc2cc(-c3cc4c(-c5[c-]c6ccccc6c(C(C)(C)C)c5)nccc4o3)ccc12.[Ir]. The van der Waals surface area contributed by atoms with Gasteiger partial charge in [-0.25, -0.2) is 0 Å². The number of rotatable bonds is 11. The van der Waals surface area contributed by atoms with Gasteiger partial charge in [0, 0.05) is 69.4 Å². The molecule has 3 heterocycles. The molecular formula is C49H60IrNO3S-. The van der Waals surface area contributed by atoms with E-state index in [0.29, 0.717) is 5.92 Å². The second kappa shape index (κ2) is 17.7. The molecule has 6 heteroatoms. The number of thiophene rings is 1. The van der Waals surface area contributed by atoms with Crippen molar-refractivity contribution in [2.24, 2.45) is 16.7 Å². The van der Waals surface area contributed by atoms with Gasteiger partial charge in [-0.05, 0) is 79.5 Å². The number of aliphatic hydroxyl groups excluding tert-OH is 1. The van der Waals surface area contributed by atoms with E-state index in [1.165, 1.54) is 37.6 Å². The molecule has 6 rings (SSSR count). The number of fused-ring (bicyclic) bond motifs is 3. The molecule has 0 aliphatic heterocycles. The van der Waals surface area contributed by atoms with Crippen molar-refractivity contribution in [1.82, 2.24) is 4.98 Å². The number of allylic oxidation sites excluding steroid dienone is 2. The van der Waals surface area contributed by atoms with Crippen LogP contribution in [0.15, 0.2) is 83.1 Å². The minimum Gasteiger partial charge on any atom is -0.512 e. The summed E-state index contributed by atoms with van der Waals surface area (Å²) in [5, 5.41) is 14.9. The van der Waals surface area contributed by atoms with Crippen LogP contribution in [0.1, 0.15) is 118 Å². The average molecular weight is 935 g/mol. The number of nitrogens with zero attached hydrogens (tertiary/aromatic N) is 1. The van der Waals surface area contributed by atoms with E-state index >= 15 is 0 Å². The topological polar surface area (TPSA) is 63.3 Å². The van der Waals surface area contributed by atoms with Gasteiger partial charge < -0.3 is 9.52 Å². The summed E-state index contributed by atoms with van der Waals surface area (Å²) in [5.74, 6) is 1.81. The number of hydrogen-bond donors (Lipinski definition) is 1. The van der Waals surface area contributed by atoms with Crippen LogP contribution in [0.5, 0.6) is 0 Å². The van der Waals surface area contributed by atoms with Crippen molar-refractivity contribution in [1.29, 1.82) is 0 Å². The number of carbonyl (C=O) groups is 1. The number of aliphatic hydroxyl groups is 1. The van der Waals surface area contributed by atoms with E-state index in [4.69, 9.17) is 9.40 Å². The van der Waals surface area contributed by atoms with Gasteiger partial charge in [-0.3, -0.25) is 9.78 Å². The number of carbonyl (C=O) groups excluding carboxylic acids is 1. The Labute approximate surface area is 347 Å². The molecule has 0 atom stereocenters. The van der Waals surface area contributed by atoms with Crippen molar-refractivity contribution in [3.05, 3.63) is 101 Å². The number of furan rings is 1. The zero-order valence-corrected chi connectivity index (χ0v) is 38.2. The quantitative estimate of drug-likeness (QED) is 0.0799. The smallest absolute Gasteiger partial charge is 0.164 e. The number of aryl methyl sites for hydroxylation is 1. The first kappa shape index (κ1) is 44.1. The van der Waals surface area contributed by atoms with Gasteiger partial charge in [0.15, 0.2) is 5.78 Å². The molecule has 295 valence electrons. The van der Waals surface area contributed by atoms with E-state index in [1.807, 2.05) is 65.1 Å². The first-order valence-electron chi connectivity index (χ1n) is 19.8. The standard InChI is InChI=1S/C34H32NOS.C15H28O2.Ir/c1-20(2)15-31-21(3)25-12-11-23(18-32(25)37-31)30-19-27-29(36-30)13-14-35-33(27)24-16-22-9-7-8-10-26(22)28(17-24)34(4,5)6;1-7-14(5,8-2)12(16)11-13(17)15(6,9-3)10-4;/h7-14,17-20H,15H2,1-6H3;11,16H,7-10H2,1-6H3;/q-1;;/b;12-11-;.